The van der Waals surface area contributed by atoms with Crippen molar-refractivity contribution in [1.29, 1.82) is 0 Å². The minimum atomic E-state index is -0.546. The van der Waals surface area contributed by atoms with Crippen LogP contribution in [0.4, 0.5) is 8.78 Å². The molecule has 1 aromatic carbocycles. The molecule has 2 heterocycles. The molecule has 0 spiro atoms. The van der Waals surface area contributed by atoms with E-state index in [1.54, 1.807) is 0 Å². The van der Waals surface area contributed by atoms with Gasteiger partial charge in [-0.1, -0.05) is 0 Å². The van der Waals surface area contributed by atoms with Crippen LogP contribution in [0.15, 0.2) is 24.4 Å². The van der Waals surface area contributed by atoms with Crippen molar-refractivity contribution in [2.45, 2.75) is 0 Å². The molecular weight excluding hydrogens is 214 g/mol. The number of nitrogens with one attached hydrogen (secondary N) is 1. The number of nitrogens with zero attached hydrogens (tertiary/aromatic N) is 3. The van der Waals surface area contributed by atoms with Gasteiger partial charge in [-0.25, -0.2) is 18.4 Å². The fourth-order valence-corrected chi connectivity index (χ4v) is 1.46. The maximum atomic E-state index is 13.4. The van der Waals surface area contributed by atoms with E-state index in [-0.39, 0.29) is 5.69 Å². The summed E-state index contributed by atoms with van der Waals surface area (Å²) in [6.07, 6.45) is 4.03. The molecule has 0 saturated heterocycles. The zero-order valence-corrected chi connectivity index (χ0v) is 7.91. The minimum Gasteiger partial charge on any atom is -0.333 e. The molecule has 79 valence electrons. The maximum Gasteiger partial charge on any atom is 0.200 e. The zero-order chi connectivity index (χ0) is 11.1. The summed E-state index contributed by atoms with van der Waals surface area (Å²) in [4.78, 5) is 6.50. The van der Waals surface area contributed by atoms with Crippen LogP contribution in [0.3, 0.4) is 0 Å². The van der Waals surface area contributed by atoms with E-state index in [0.717, 1.165) is 18.2 Å². The summed E-state index contributed by atoms with van der Waals surface area (Å²) in [5, 5.41) is 3.98. The van der Waals surface area contributed by atoms with Gasteiger partial charge in [-0.2, -0.15) is 0 Å². The van der Waals surface area contributed by atoms with Crippen LogP contribution >= 0.6 is 0 Å². The molecule has 0 saturated carbocycles. The quantitative estimate of drug-likeness (QED) is 0.678. The third kappa shape index (κ3) is 1.27. The van der Waals surface area contributed by atoms with Crippen molar-refractivity contribution < 1.29 is 8.78 Å². The SMILES string of the molecule is Fc1ccc(F)c(-n2cc3[nH][c]nc3n2)c1. The molecule has 0 aliphatic heterocycles. The molecule has 16 heavy (non-hydrogen) atoms. The first kappa shape index (κ1) is 9.02. The van der Waals surface area contributed by atoms with Crippen LogP contribution < -0.4 is 0 Å². The number of benzene rings is 1. The normalized spacial score (nSPS) is 11.1. The highest BCUT2D eigenvalue weighted by atomic mass is 19.1. The molecule has 1 N–H and O–H groups in total. The first-order valence-electron chi connectivity index (χ1n) is 4.51. The monoisotopic (exact) mass is 219 g/mol. The summed E-state index contributed by atoms with van der Waals surface area (Å²) < 4.78 is 27.6. The third-order valence-electron chi connectivity index (χ3n) is 2.20. The fourth-order valence-electron chi connectivity index (χ4n) is 1.46. The van der Waals surface area contributed by atoms with Crippen molar-refractivity contribution >= 4 is 11.2 Å². The van der Waals surface area contributed by atoms with E-state index in [4.69, 9.17) is 0 Å². The van der Waals surface area contributed by atoms with Gasteiger partial charge >= 0.3 is 0 Å². The van der Waals surface area contributed by atoms with Gasteiger partial charge in [0.15, 0.2) is 12.0 Å². The van der Waals surface area contributed by atoms with E-state index in [0.29, 0.717) is 11.2 Å². The van der Waals surface area contributed by atoms with Crippen molar-refractivity contribution in [2.24, 2.45) is 0 Å². The molecule has 0 fully saturated rings. The number of hydrogen-bond acceptors (Lipinski definition) is 2. The lowest BCUT2D eigenvalue weighted by molar-refractivity contribution is 0.587. The maximum absolute atomic E-state index is 13.4. The minimum absolute atomic E-state index is 0.0476. The Labute approximate surface area is 88.5 Å². The first-order valence-corrected chi connectivity index (χ1v) is 4.51. The second-order valence-electron chi connectivity index (χ2n) is 3.26. The van der Waals surface area contributed by atoms with Gasteiger partial charge in [0.1, 0.15) is 22.8 Å². The third-order valence-corrected chi connectivity index (χ3v) is 2.20. The Morgan fingerprint density at radius 3 is 3.00 bits per heavy atom. The number of H-pyrrole nitrogens is 1. The number of halogens is 2. The molecule has 1 radical (unpaired) electrons. The Morgan fingerprint density at radius 2 is 2.19 bits per heavy atom. The summed E-state index contributed by atoms with van der Waals surface area (Å²) in [5.74, 6) is -1.06. The Balaban J connectivity index is 2.22. The lowest BCUT2D eigenvalue weighted by Gasteiger charge is -2.02. The van der Waals surface area contributed by atoms with E-state index < -0.39 is 11.6 Å². The second kappa shape index (κ2) is 3.13. The van der Waals surface area contributed by atoms with Crippen molar-refractivity contribution in [2.75, 3.05) is 0 Å². The van der Waals surface area contributed by atoms with Crippen LogP contribution in [-0.4, -0.2) is 19.7 Å². The van der Waals surface area contributed by atoms with Gasteiger partial charge in [0.2, 0.25) is 0 Å². The molecule has 3 rings (SSSR count). The number of rotatable bonds is 1. The van der Waals surface area contributed by atoms with Gasteiger partial charge in [-0.05, 0) is 12.1 Å². The number of aromatic nitrogens is 4. The highest BCUT2D eigenvalue weighted by Gasteiger charge is 2.09. The molecule has 0 aliphatic rings. The van der Waals surface area contributed by atoms with Gasteiger partial charge in [-0.15, -0.1) is 5.10 Å². The van der Waals surface area contributed by atoms with Crippen LogP contribution in [0.5, 0.6) is 0 Å². The molecule has 0 aliphatic carbocycles. The van der Waals surface area contributed by atoms with Crippen molar-refractivity contribution in [1.82, 2.24) is 19.7 Å². The van der Waals surface area contributed by atoms with Crippen molar-refractivity contribution in [3.8, 4) is 5.69 Å². The Morgan fingerprint density at radius 1 is 1.31 bits per heavy atom. The van der Waals surface area contributed by atoms with E-state index in [1.807, 2.05) is 0 Å². The fraction of sp³-hybridized carbons (Fsp3) is 0. The molecule has 3 aromatic rings. The number of aromatic amines is 1. The molecule has 0 bridgehead atoms. The highest BCUT2D eigenvalue weighted by molar-refractivity contribution is 5.69. The van der Waals surface area contributed by atoms with Gasteiger partial charge in [0.25, 0.3) is 0 Å². The summed E-state index contributed by atoms with van der Waals surface area (Å²) in [6, 6.07) is 3.19. The van der Waals surface area contributed by atoms with E-state index >= 15 is 0 Å². The lowest BCUT2D eigenvalue weighted by atomic mass is 10.3. The summed E-state index contributed by atoms with van der Waals surface area (Å²) in [6.45, 7) is 0. The van der Waals surface area contributed by atoms with Crippen LogP contribution in [0.1, 0.15) is 0 Å². The molecule has 0 unspecified atom stereocenters. The van der Waals surface area contributed by atoms with Crippen LogP contribution in [0.25, 0.3) is 16.9 Å². The van der Waals surface area contributed by atoms with Crippen molar-refractivity contribution in [3.05, 3.63) is 42.4 Å². The predicted octanol–water partition coefficient (Wildman–Crippen LogP) is 1.83. The zero-order valence-electron chi connectivity index (χ0n) is 7.91. The van der Waals surface area contributed by atoms with Crippen LogP contribution in [0.2, 0.25) is 0 Å². The largest absolute Gasteiger partial charge is 0.333 e. The Kier molecular flexibility index (Phi) is 1.76. The van der Waals surface area contributed by atoms with E-state index in [1.165, 1.54) is 10.9 Å². The molecule has 0 atom stereocenters. The highest BCUT2D eigenvalue weighted by Crippen LogP contribution is 2.16. The average molecular weight is 219 g/mol. The summed E-state index contributed by atoms with van der Waals surface area (Å²) in [5.41, 5.74) is 1.07. The van der Waals surface area contributed by atoms with Gasteiger partial charge in [0, 0.05) is 6.07 Å². The predicted molar refractivity (Wildman–Crippen MR) is 52.0 cm³/mol. The lowest BCUT2D eigenvalue weighted by Crippen LogP contribution is -1.99. The molecular formula is C10H5F2N4. The van der Waals surface area contributed by atoms with Crippen LogP contribution in [-0.2, 0) is 0 Å². The number of fused-ring (bicyclic) bond motifs is 1. The summed E-state index contributed by atoms with van der Waals surface area (Å²) >= 11 is 0. The van der Waals surface area contributed by atoms with E-state index in [2.05, 4.69) is 21.4 Å². The average Bonchev–Trinajstić information content (AvgIpc) is 2.81. The van der Waals surface area contributed by atoms with Gasteiger partial charge in [-0.3, -0.25) is 0 Å². The standard InChI is InChI=1S/C10H5F2N4/c11-6-1-2-7(12)9(3-6)16-4-8-10(15-16)14-5-13-8/h1-4H,(H,13,14,15). The van der Waals surface area contributed by atoms with E-state index in [9.17, 15) is 8.78 Å². The first-order chi connectivity index (χ1) is 7.74. The van der Waals surface area contributed by atoms with Crippen molar-refractivity contribution in [3.63, 3.8) is 0 Å². The van der Waals surface area contributed by atoms with Gasteiger partial charge < -0.3 is 4.98 Å². The molecule has 0 amide bonds. The second-order valence-corrected chi connectivity index (χ2v) is 3.26. The number of hydrogen-bond donors (Lipinski definition) is 1. The topological polar surface area (TPSA) is 46.5 Å². The summed E-state index contributed by atoms with van der Waals surface area (Å²) in [7, 11) is 0. The van der Waals surface area contributed by atoms with Crippen LogP contribution in [0, 0.1) is 18.0 Å². The number of imidazole rings is 1. The molecule has 6 heteroatoms. The Hall–Kier alpha value is -2.24. The molecule has 2 aromatic heterocycles. The smallest absolute Gasteiger partial charge is 0.200 e. The molecule has 4 nitrogen and oxygen atoms in total. The van der Waals surface area contributed by atoms with Gasteiger partial charge in [0.05, 0.1) is 6.20 Å². The Bertz CT molecular complexity index is 627.